The van der Waals surface area contributed by atoms with Gasteiger partial charge in [0.1, 0.15) is 11.9 Å². The van der Waals surface area contributed by atoms with Gasteiger partial charge in [0.25, 0.3) is 0 Å². The molecule has 1 fully saturated rings. The number of carbonyl (C=O) groups excluding carboxylic acids is 1. The Morgan fingerprint density at radius 1 is 1.33 bits per heavy atom. The van der Waals surface area contributed by atoms with Crippen molar-refractivity contribution in [2.75, 3.05) is 12.3 Å². The van der Waals surface area contributed by atoms with E-state index < -0.39 is 0 Å². The lowest BCUT2D eigenvalue weighted by Crippen LogP contribution is -2.35. The zero-order valence-electron chi connectivity index (χ0n) is 12.8. The maximum atomic E-state index is 11.6. The molecule has 0 aromatic heterocycles. The maximum absolute atomic E-state index is 11.6. The van der Waals surface area contributed by atoms with Crippen LogP contribution in [0.5, 0.6) is 5.75 Å². The van der Waals surface area contributed by atoms with Crippen LogP contribution in [0.1, 0.15) is 44.0 Å². The molecule has 1 aromatic carbocycles. The van der Waals surface area contributed by atoms with E-state index >= 15 is 0 Å². The summed E-state index contributed by atoms with van der Waals surface area (Å²) in [4.78, 5) is 11.6. The average Bonchev–Trinajstić information content (AvgIpc) is 2.40. The first-order valence-electron chi connectivity index (χ1n) is 7.38. The summed E-state index contributed by atoms with van der Waals surface area (Å²) < 4.78 is 16.6. The number of rotatable bonds is 4. The Hall–Kier alpha value is -1.75. The predicted octanol–water partition coefficient (Wildman–Crippen LogP) is 2.78. The van der Waals surface area contributed by atoms with Gasteiger partial charge in [-0.05, 0) is 39.0 Å². The highest BCUT2D eigenvalue weighted by atomic mass is 16.5. The fourth-order valence-corrected chi connectivity index (χ4v) is 2.62. The SMILES string of the molecule is CCOC(=O)c1ccc(OC2CC(C)OC(C)C2)c(N)c1. The summed E-state index contributed by atoms with van der Waals surface area (Å²) in [5.74, 6) is 0.235. The lowest BCUT2D eigenvalue weighted by atomic mass is 10.0. The summed E-state index contributed by atoms with van der Waals surface area (Å²) in [5.41, 5.74) is 6.87. The Balaban J connectivity index is 2.05. The first-order valence-corrected chi connectivity index (χ1v) is 7.38. The molecule has 2 N–H and O–H groups in total. The quantitative estimate of drug-likeness (QED) is 0.682. The second-order valence-corrected chi connectivity index (χ2v) is 5.44. The van der Waals surface area contributed by atoms with Gasteiger partial charge in [0.05, 0.1) is 30.1 Å². The molecule has 0 aliphatic carbocycles. The predicted molar refractivity (Wildman–Crippen MR) is 80.5 cm³/mol. The molecule has 0 saturated carbocycles. The molecule has 5 heteroatoms. The van der Waals surface area contributed by atoms with Crippen LogP contribution in [0.15, 0.2) is 18.2 Å². The minimum atomic E-state index is -0.371. The number of nitrogens with two attached hydrogens (primary N) is 1. The van der Waals surface area contributed by atoms with Gasteiger partial charge in [-0.1, -0.05) is 0 Å². The lowest BCUT2D eigenvalue weighted by molar-refractivity contribution is -0.0720. The fraction of sp³-hybridized carbons (Fsp3) is 0.562. The van der Waals surface area contributed by atoms with Crippen molar-refractivity contribution >= 4 is 11.7 Å². The van der Waals surface area contributed by atoms with Crippen molar-refractivity contribution in [3.05, 3.63) is 23.8 Å². The Morgan fingerprint density at radius 3 is 2.57 bits per heavy atom. The highest BCUT2D eigenvalue weighted by Gasteiger charge is 2.26. The standard InChI is InChI=1S/C16H23NO4/c1-4-19-16(18)12-5-6-15(14(17)9-12)21-13-7-10(2)20-11(3)8-13/h5-6,9-11,13H,4,7-8,17H2,1-3H3. The minimum Gasteiger partial charge on any atom is -0.488 e. The molecule has 2 atom stereocenters. The summed E-state index contributed by atoms with van der Waals surface area (Å²) in [7, 11) is 0. The van der Waals surface area contributed by atoms with E-state index in [4.69, 9.17) is 19.9 Å². The van der Waals surface area contributed by atoms with Crippen LogP contribution < -0.4 is 10.5 Å². The zero-order valence-corrected chi connectivity index (χ0v) is 12.8. The largest absolute Gasteiger partial charge is 0.488 e. The Kier molecular flexibility index (Phi) is 5.07. The first-order chi connectivity index (χ1) is 9.99. The fourth-order valence-electron chi connectivity index (χ4n) is 2.62. The number of benzene rings is 1. The molecule has 1 aliphatic rings. The van der Waals surface area contributed by atoms with E-state index in [9.17, 15) is 4.79 Å². The first kappa shape index (κ1) is 15.6. The van der Waals surface area contributed by atoms with Crippen molar-refractivity contribution in [1.82, 2.24) is 0 Å². The molecule has 2 rings (SSSR count). The van der Waals surface area contributed by atoms with Gasteiger partial charge in [-0.15, -0.1) is 0 Å². The van der Waals surface area contributed by atoms with Crippen LogP contribution in [0.25, 0.3) is 0 Å². The van der Waals surface area contributed by atoms with Crippen molar-refractivity contribution in [1.29, 1.82) is 0 Å². The number of nitrogen functional groups attached to an aromatic ring is 1. The molecule has 0 amide bonds. The van der Waals surface area contributed by atoms with Crippen LogP contribution in [-0.2, 0) is 9.47 Å². The van der Waals surface area contributed by atoms with Gasteiger partial charge in [-0.2, -0.15) is 0 Å². The molecule has 1 aliphatic heterocycles. The zero-order chi connectivity index (χ0) is 15.4. The lowest BCUT2D eigenvalue weighted by Gasteiger charge is -2.32. The van der Waals surface area contributed by atoms with Crippen molar-refractivity contribution in [2.45, 2.75) is 51.9 Å². The van der Waals surface area contributed by atoms with Gasteiger partial charge >= 0.3 is 5.97 Å². The maximum Gasteiger partial charge on any atom is 0.338 e. The molecule has 1 aromatic rings. The summed E-state index contributed by atoms with van der Waals surface area (Å²) in [6.45, 7) is 6.19. The Labute approximate surface area is 125 Å². The molecule has 0 radical (unpaired) electrons. The Morgan fingerprint density at radius 2 is 2.00 bits per heavy atom. The van der Waals surface area contributed by atoms with E-state index in [1.807, 2.05) is 13.8 Å². The van der Waals surface area contributed by atoms with Crippen molar-refractivity contribution < 1.29 is 19.0 Å². The van der Waals surface area contributed by atoms with E-state index in [2.05, 4.69) is 0 Å². The van der Waals surface area contributed by atoms with E-state index in [0.717, 1.165) is 12.8 Å². The summed E-state index contributed by atoms with van der Waals surface area (Å²) >= 11 is 0. The third-order valence-electron chi connectivity index (χ3n) is 3.47. The molecule has 5 nitrogen and oxygen atoms in total. The van der Waals surface area contributed by atoms with E-state index in [1.165, 1.54) is 0 Å². The molecule has 21 heavy (non-hydrogen) atoms. The minimum absolute atomic E-state index is 0.0829. The number of hydrogen-bond donors (Lipinski definition) is 1. The molecule has 1 saturated heterocycles. The van der Waals surface area contributed by atoms with Gasteiger partial charge in [0, 0.05) is 12.8 Å². The molecule has 0 spiro atoms. The third-order valence-corrected chi connectivity index (χ3v) is 3.47. The van der Waals surface area contributed by atoms with Crippen LogP contribution >= 0.6 is 0 Å². The van der Waals surface area contributed by atoms with E-state index in [-0.39, 0.29) is 24.3 Å². The van der Waals surface area contributed by atoms with Gasteiger partial charge < -0.3 is 19.9 Å². The number of anilines is 1. The molecule has 1 heterocycles. The van der Waals surface area contributed by atoms with Crippen LogP contribution in [-0.4, -0.2) is 30.9 Å². The summed E-state index contributed by atoms with van der Waals surface area (Å²) in [6, 6.07) is 5.00. The number of ether oxygens (including phenoxy) is 3. The molecular formula is C16H23NO4. The number of esters is 1. The van der Waals surface area contributed by atoms with Gasteiger partial charge in [-0.25, -0.2) is 4.79 Å². The van der Waals surface area contributed by atoms with Gasteiger partial charge in [0.15, 0.2) is 0 Å². The van der Waals surface area contributed by atoms with E-state index in [0.29, 0.717) is 23.6 Å². The molecular weight excluding hydrogens is 270 g/mol. The van der Waals surface area contributed by atoms with Crippen LogP contribution in [0.2, 0.25) is 0 Å². The molecule has 2 unspecified atom stereocenters. The van der Waals surface area contributed by atoms with Crippen molar-refractivity contribution in [2.24, 2.45) is 0 Å². The van der Waals surface area contributed by atoms with Crippen molar-refractivity contribution in [3.8, 4) is 5.75 Å². The second kappa shape index (κ2) is 6.80. The van der Waals surface area contributed by atoms with Crippen LogP contribution in [0.3, 0.4) is 0 Å². The highest BCUT2D eigenvalue weighted by Crippen LogP contribution is 2.28. The van der Waals surface area contributed by atoms with Crippen molar-refractivity contribution in [3.63, 3.8) is 0 Å². The third kappa shape index (κ3) is 4.11. The number of carbonyl (C=O) groups is 1. The average molecular weight is 293 g/mol. The smallest absolute Gasteiger partial charge is 0.338 e. The Bertz CT molecular complexity index is 493. The second-order valence-electron chi connectivity index (χ2n) is 5.44. The molecule has 0 bridgehead atoms. The highest BCUT2D eigenvalue weighted by molar-refractivity contribution is 5.91. The normalized spacial score (nSPS) is 25.4. The molecule has 116 valence electrons. The van der Waals surface area contributed by atoms with E-state index in [1.54, 1.807) is 25.1 Å². The van der Waals surface area contributed by atoms with Crippen LogP contribution in [0.4, 0.5) is 5.69 Å². The topological polar surface area (TPSA) is 70.8 Å². The van der Waals surface area contributed by atoms with Crippen LogP contribution in [0, 0.1) is 0 Å². The summed E-state index contributed by atoms with van der Waals surface area (Å²) in [5, 5.41) is 0. The summed E-state index contributed by atoms with van der Waals surface area (Å²) in [6.07, 6.45) is 2.12. The van der Waals surface area contributed by atoms with Gasteiger partial charge in [0.2, 0.25) is 0 Å². The number of hydrogen-bond acceptors (Lipinski definition) is 5. The monoisotopic (exact) mass is 293 g/mol. The van der Waals surface area contributed by atoms with Gasteiger partial charge in [-0.3, -0.25) is 0 Å².